The molecule has 1 heterocycles. The minimum atomic E-state index is -0.295. The number of carbonyl (C=O) groups is 2. The van der Waals surface area contributed by atoms with E-state index in [0.717, 1.165) is 49.9 Å². The average Bonchev–Trinajstić information content (AvgIpc) is 2.60. The maximum atomic E-state index is 12.9. The van der Waals surface area contributed by atoms with E-state index >= 15 is 0 Å². The van der Waals surface area contributed by atoms with Crippen LogP contribution in [-0.2, 0) is 20.9 Å². The van der Waals surface area contributed by atoms with Crippen LogP contribution in [0.1, 0.15) is 69.5 Å². The Labute approximate surface area is 145 Å². The first-order chi connectivity index (χ1) is 11.6. The molecule has 0 radical (unpaired) electrons. The molecule has 4 heteroatoms. The fourth-order valence-electron chi connectivity index (χ4n) is 3.35. The number of esters is 1. The Kier molecular flexibility index (Phi) is 7.44. The number of unbranched alkanes of at least 4 members (excludes halogenated alkanes) is 1. The molecule has 1 aliphatic heterocycles. The van der Waals surface area contributed by atoms with E-state index in [1.54, 1.807) is 0 Å². The number of benzene rings is 1. The number of rotatable bonds is 8. The Hall–Kier alpha value is -1.68. The average molecular weight is 331 g/mol. The number of likely N-dealkylation sites (tertiary alicyclic amines) is 1. The molecule has 0 aromatic heterocycles. The van der Waals surface area contributed by atoms with Crippen LogP contribution in [-0.4, -0.2) is 29.7 Å². The zero-order valence-corrected chi connectivity index (χ0v) is 14.9. The molecule has 0 aliphatic carbocycles. The molecule has 0 amide bonds. The maximum Gasteiger partial charge on any atom is 0.302 e. The Balaban J connectivity index is 2.28. The van der Waals surface area contributed by atoms with Gasteiger partial charge >= 0.3 is 5.97 Å². The third-order valence-corrected chi connectivity index (χ3v) is 4.62. The highest BCUT2D eigenvalue weighted by molar-refractivity contribution is 5.85. The second-order valence-corrected chi connectivity index (χ2v) is 6.55. The highest BCUT2D eigenvalue weighted by Gasteiger charge is 2.29. The molecule has 1 fully saturated rings. The summed E-state index contributed by atoms with van der Waals surface area (Å²) in [5.41, 5.74) is 1.94. The number of hydrogen-bond acceptors (Lipinski definition) is 4. The standard InChI is InChI=1S/C20H29NO3/c1-3-4-12-19(23)20(21-13-8-5-9-14-21)18-11-7-6-10-17(18)15-24-16(2)22/h6-7,10-11,20H,3-5,8-9,12-15H2,1-2H3. The molecule has 1 aromatic rings. The van der Waals surface area contributed by atoms with Crippen molar-refractivity contribution in [3.05, 3.63) is 35.4 Å². The zero-order chi connectivity index (χ0) is 17.4. The number of carbonyl (C=O) groups excluding carboxylic acids is 2. The third kappa shape index (κ3) is 5.17. The molecule has 1 aliphatic rings. The van der Waals surface area contributed by atoms with Gasteiger partial charge in [0.2, 0.25) is 0 Å². The van der Waals surface area contributed by atoms with Crippen molar-refractivity contribution in [2.45, 2.75) is 65.0 Å². The Morgan fingerprint density at radius 3 is 2.54 bits per heavy atom. The highest BCUT2D eigenvalue weighted by atomic mass is 16.5. The molecule has 1 saturated heterocycles. The van der Waals surface area contributed by atoms with E-state index < -0.39 is 0 Å². The molecule has 0 saturated carbocycles. The van der Waals surface area contributed by atoms with Crippen LogP contribution in [0.25, 0.3) is 0 Å². The van der Waals surface area contributed by atoms with E-state index in [-0.39, 0.29) is 24.4 Å². The summed E-state index contributed by atoms with van der Waals surface area (Å²) in [7, 11) is 0. The van der Waals surface area contributed by atoms with E-state index in [1.165, 1.54) is 13.3 Å². The molecule has 1 aromatic carbocycles. The molecule has 24 heavy (non-hydrogen) atoms. The number of ketones is 1. The molecule has 132 valence electrons. The van der Waals surface area contributed by atoms with Crippen LogP contribution < -0.4 is 0 Å². The molecule has 0 N–H and O–H groups in total. The van der Waals surface area contributed by atoms with Crippen LogP contribution in [0.4, 0.5) is 0 Å². The molecule has 2 rings (SSSR count). The van der Waals surface area contributed by atoms with Gasteiger partial charge < -0.3 is 4.74 Å². The smallest absolute Gasteiger partial charge is 0.302 e. The van der Waals surface area contributed by atoms with Gasteiger partial charge in [-0.05, 0) is 43.5 Å². The topological polar surface area (TPSA) is 46.6 Å². The third-order valence-electron chi connectivity index (χ3n) is 4.62. The van der Waals surface area contributed by atoms with Gasteiger partial charge in [0.1, 0.15) is 6.61 Å². The summed E-state index contributed by atoms with van der Waals surface area (Å²) in [5, 5.41) is 0. The van der Waals surface area contributed by atoms with Crippen LogP contribution in [0.15, 0.2) is 24.3 Å². The van der Waals surface area contributed by atoms with Crippen molar-refractivity contribution in [1.29, 1.82) is 0 Å². The summed E-state index contributed by atoms with van der Waals surface area (Å²) in [5.74, 6) is -0.00865. The van der Waals surface area contributed by atoms with Gasteiger partial charge in [-0.1, -0.05) is 44.0 Å². The fourth-order valence-corrected chi connectivity index (χ4v) is 3.35. The number of ether oxygens (including phenoxy) is 1. The van der Waals surface area contributed by atoms with Crippen LogP contribution in [0.3, 0.4) is 0 Å². The number of nitrogens with zero attached hydrogens (tertiary/aromatic N) is 1. The van der Waals surface area contributed by atoms with E-state index in [4.69, 9.17) is 4.74 Å². The van der Waals surface area contributed by atoms with Crippen LogP contribution >= 0.6 is 0 Å². The molecule has 0 spiro atoms. The Bertz CT molecular complexity index is 550. The van der Waals surface area contributed by atoms with Crippen LogP contribution in [0.5, 0.6) is 0 Å². The van der Waals surface area contributed by atoms with Crippen molar-refractivity contribution in [2.24, 2.45) is 0 Å². The quantitative estimate of drug-likeness (QED) is 0.675. The lowest BCUT2D eigenvalue weighted by molar-refractivity contribution is -0.142. The van der Waals surface area contributed by atoms with E-state index in [0.29, 0.717) is 6.42 Å². The van der Waals surface area contributed by atoms with Crippen LogP contribution in [0, 0.1) is 0 Å². The second kappa shape index (κ2) is 9.58. The summed E-state index contributed by atoms with van der Waals surface area (Å²) < 4.78 is 5.20. The fraction of sp³-hybridized carbons (Fsp3) is 0.600. The predicted molar refractivity (Wildman–Crippen MR) is 94.6 cm³/mol. The Morgan fingerprint density at radius 1 is 1.17 bits per heavy atom. The minimum absolute atomic E-state index is 0.205. The first-order valence-corrected chi connectivity index (χ1v) is 9.11. The van der Waals surface area contributed by atoms with Crippen molar-refractivity contribution < 1.29 is 14.3 Å². The molecular formula is C20H29NO3. The second-order valence-electron chi connectivity index (χ2n) is 6.55. The maximum absolute atomic E-state index is 12.9. The molecule has 4 nitrogen and oxygen atoms in total. The van der Waals surface area contributed by atoms with Gasteiger partial charge in [0.15, 0.2) is 5.78 Å². The van der Waals surface area contributed by atoms with Gasteiger partial charge in [-0.15, -0.1) is 0 Å². The van der Waals surface area contributed by atoms with Crippen molar-refractivity contribution in [3.63, 3.8) is 0 Å². The van der Waals surface area contributed by atoms with E-state index in [1.807, 2.05) is 24.3 Å². The van der Waals surface area contributed by atoms with Crippen molar-refractivity contribution in [2.75, 3.05) is 13.1 Å². The van der Waals surface area contributed by atoms with Gasteiger partial charge in [-0.3, -0.25) is 14.5 Å². The summed E-state index contributed by atoms with van der Waals surface area (Å²) in [6, 6.07) is 7.68. The van der Waals surface area contributed by atoms with Gasteiger partial charge in [0.05, 0.1) is 6.04 Å². The monoisotopic (exact) mass is 331 g/mol. The van der Waals surface area contributed by atoms with Crippen molar-refractivity contribution in [3.8, 4) is 0 Å². The summed E-state index contributed by atoms with van der Waals surface area (Å²) in [6.45, 7) is 5.68. The molecule has 1 atom stereocenters. The summed E-state index contributed by atoms with van der Waals surface area (Å²) >= 11 is 0. The normalized spacial score (nSPS) is 16.6. The van der Waals surface area contributed by atoms with E-state index in [2.05, 4.69) is 11.8 Å². The molecule has 1 unspecified atom stereocenters. The minimum Gasteiger partial charge on any atom is -0.461 e. The lowest BCUT2D eigenvalue weighted by atomic mass is 9.92. The van der Waals surface area contributed by atoms with Crippen LogP contribution in [0.2, 0.25) is 0 Å². The zero-order valence-electron chi connectivity index (χ0n) is 14.9. The lowest BCUT2D eigenvalue weighted by Gasteiger charge is -2.35. The molecular weight excluding hydrogens is 302 g/mol. The number of hydrogen-bond donors (Lipinski definition) is 0. The number of piperidine rings is 1. The first-order valence-electron chi connectivity index (χ1n) is 9.11. The van der Waals surface area contributed by atoms with Crippen molar-refractivity contribution >= 4 is 11.8 Å². The van der Waals surface area contributed by atoms with E-state index in [9.17, 15) is 9.59 Å². The summed E-state index contributed by atoms with van der Waals surface area (Å²) in [4.78, 5) is 26.4. The lowest BCUT2D eigenvalue weighted by Crippen LogP contribution is -2.38. The number of Topliss-reactive ketones (excluding diaryl/α,β-unsaturated/α-hetero) is 1. The van der Waals surface area contributed by atoms with Gasteiger partial charge in [-0.2, -0.15) is 0 Å². The first kappa shape index (κ1) is 18.7. The van der Waals surface area contributed by atoms with Gasteiger partial charge in [-0.25, -0.2) is 0 Å². The molecule has 0 bridgehead atoms. The summed E-state index contributed by atoms with van der Waals surface area (Å²) in [6.07, 6.45) is 6.08. The largest absolute Gasteiger partial charge is 0.461 e. The Morgan fingerprint density at radius 2 is 1.88 bits per heavy atom. The van der Waals surface area contributed by atoms with Gasteiger partial charge in [0.25, 0.3) is 0 Å². The highest BCUT2D eigenvalue weighted by Crippen LogP contribution is 2.30. The SMILES string of the molecule is CCCCC(=O)C(c1ccccc1COC(C)=O)N1CCCCC1. The predicted octanol–water partition coefficient (Wildman–Crippen LogP) is 4.04. The van der Waals surface area contributed by atoms with Gasteiger partial charge in [0, 0.05) is 13.3 Å². The van der Waals surface area contributed by atoms with Crippen molar-refractivity contribution in [1.82, 2.24) is 4.90 Å².